The van der Waals surface area contributed by atoms with Gasteiger partial charge < -0.3 is 9.47 Å². The van der Waals surface area contributed by atoms with Crippen LogP contribution in [-0.2, 0) is 16.0 Å². The quantitative estimate of drug-likeness (QED) is 0.555. The van der Waals surface area contributed by atoms with Crippen molar-refractivity contribution in [2.45, 2.75) is 12.8 Å². The van der Waals surface area contributed by atoms with Gasteiger partial charge in [0.2, 0.25) is 0 Å². The van der Waals surface area contributed by atoms with Crippen LogP contribution < -0.4 is 4.74 Å². The number of carbonyl (C=O) groups is 1. The van der Waals surface area contributed by atoms with Crippen LogP contribution in [0.1, 0.15) is 11.3 Å². The third-order valence-corrected chi connectivity index (χ3v) is 4.05. The monoisotopic (exact) mass is 354 g/mol. The summed E-state index contributed by atoms with van der Waals surface area (Å²) in [7, 11) is 0. The molecule has 3 nitrogen and oxygen atoms in total. The molecule has 0 radical (unpaired) electrons. The summed E-state index contributed by atoms with van der Waals surface area (Å²) in [6.45, 7) is 0.645. The molecule has 0 aliphatic carbocycles. The van der Waals surface area contributed by atoms with Crippen LogP contribution in [0, 0.1) is 0 Å². The van der Waals surface area contributed by atoms with Crippen molar-refractivity contribution in [2.75, 3.05) is 13.2 Å². The minimum absolute atomic E-state index is 0.183. The molecule has 2 rings (SSSR count). The van der Waals surface area contributed by atoms with Crippen molar-refractivity contribution in [3.8, 4) is 5.75 Å². The Kier molecular flexibility index (Phi) is 6.08. The van der Waals surface area contributed by atoms with E-state index in [0.717, 1.165) is 16.6 Å². The fourth-order valence-electron chi connectivity index (χ4n) is 1.60. The maximum Gasteiger partial charge on any atom is 0.306 e. The Morgan fingerprint density at radius 3 is 2.65 bits per heavy atom. The Morgan fingerprint density at radius 1 is 1.15 bits per heavy atom. The van der Waals surface area contributed by atoms with E-state index in [9.17, 15) is 4.79 Å². The first-order valence-electron chi connectivity index (χ1n) is 6.30. The highest BCUT2D eigenvalue weighted by Gasteiger charge is 2.04. The van der Waals surface area contributed by atoms with Gasteiger partial charge in [0.25, 0.3) is 0 Å². The van der Waals surface area contributed by atoms with Crippen molar-refractivity contribution < 1.29 is 14.3 Å². The summed E-state index contributed by atoms with van der Waals surface area (Å²) in [4.78, 5) is 12.7. The van der Waals surface area contributed by atoms with E-state index in [4.69, 9.17) is 9.47 Å². The minimum Gasteiger partial charge on any atom is -0.490 e. The van der Waals surface area contributed by atoms with E-state index < -0.39 is 0 Å². The average Bonchev–Trinajstić information content (AvgIpc) is 2.96. The van der Waals surface area contributed by atoms with Crippen molar-refractivity contribution >= 4 is 33.2 Å². The number of hydrogen-bond acceptors (Lipinski definition) is 4. The fraction of sp³-hybridized carbons (Fsp3) is 0.267. The minimum atomic E-state index is -0.183. The number of thiophene rings is 1. The molecule has 0 unspecified atom stereocenters. The summed E-state index contributed by atoms with van der Waals surface area (Å²) in [6, 6.07) is 11.5. The lowest BCUT2D eigenvalue weighted by Crippen LogP contribution is -2.12. The number of rotatable bonds is 7. The van der Waals surface area contributed by atoms with Gasteiger partial charge in [-0.25, -0.2) is 0 Å². The number of benzene rings is 1. The molecule has 2 aromatic rings. The zero-order chi connectivity index (χ0) is 14.2. The predicted octanol–water partition coefficient (Wildman–Crippen LogP) is 4.07. The Bertz CT molecular complexity index is 523. The van der Waals surface area contributed by atoms with E-state index in [2.05, 4.69) is 15.9 Å². The van der Waals surface area contributed by atoms with Gasteiger partial charge in [-0.2, -0.15) is 0 Å². The molecule has 1 heterocycles. The predicted molar refractivity (Wildman–Crippen MR) is 83.2 cm³/mol. The Labute approximate surface area is 130 Å². The lowest BCUT2D eigenvalue weighted by atomic mass is 10.3. The first-order valence-corrected chi connectivity index (χ1v) is 7.97. The lowest BCUT2D eigenvalue weighted by molar-refractivity contribution is -0.144. The van der Waals surface area contributed by atoms with Gasteiger partial charge >= 0.3 is 5.97 Å². The first kappa shape index (κ1) is 15.1. The third kappa shape index (κ3) is 5.35. The molecular formula is C15H15BrO3S. The van der Waals surface area contributed by atoms with Crippen LogP contribution >= 0.6 is 27.3 Å². The topological polar surface area (TPSA) is 35.5 Å². The van der Waals surface area contributed by atoms with Gasteiger partial charge in [-0.15, -0.1) is 11.3 Å². The molecule has 0 saturated carbocycles. The van der Waals surface area contributed by atoms with Crippen molar-refractivity contribution in [2.24, 2.45) is 0 Å². The van der Waals surface area contributed by atoms with Crippen molar-refractivity contribution in [3.05, 3.63) is 51.1 Å². The van der Waals surface area contributed by atoms with Gasteiger partial charge in [-0.3, -0.25) is 4.79 Å². The van der Waals surface area contributed by atoms with Crippen molar-refractivity contribution in [1.29, 1.82) is 0 Å². The molecule has 1 aromatic carbocycles. The zero-order valence-corrected chi connectivity index (χ0v) is 13.3. The van der Waals surface area contributed by atoms with E-state index >= 15 is 0 Å². The number of esters is 1. The van der Waals surface area contributed by atoms with Gasteiger partial charge in [0.05, 0.1) is 6.42 Å². The standard InChI is InChI=1S/C15H15BrO3S/c16-12-3-5-13(6-4-12)18-9-10-19-15(17)8-7-14-2-1-11-20-14/h1-6,11H,7-10H2. The van der Waals surface area contributed by atoms with Crippen LogP contribution in [0.5, 0.6) is 5.75 Å². The normalized spacial score (nSPS) is 10.2. The molecule has 20 heavy (non-hydrogen) atoms. The SMILES string of the molecule is O=C(CCc1cccs1)OCCOc1ccc(Br)cc1. The average molecular weight is 355 g/mol. The van der Waals surface area contributed by atoms with E-state index in [1.165, 1.54) is 4.88 Å². The fourth-order valence-corrected chi connectivity index (χ4v) is 2.57. The van der Waals surface area contributed by atoms with Crippen molar-refractivity contribution in [1.82, 2.24) is 0 Å². The Hall–Kier alpha value is -1.33. The second kappa shape index (κ2) is 8.07. The van der Waals surface area contributed by atoms with Crippen molar-refractivity contribution in [3.63, 3.8) is 0 Å². The Balaban J connectivity index is 1.58. The van der Waals surface area contributed by atoms with Crippen LogP contribution in [0.3, 0.4) is 0 Å². The molecule has 0 bridgehead atoms. The number of hydrogen-bond donors (Lipinski definition) is 0. The molecule has 106 valence electrons. The van der Waals surface area contributed by atoms with Crippen LogP contribution in [0.2, 0.25) is 0 Å². The van der Waals surface area contributed by atoms with E-state index in [-0.39, 0.29) is 12.6 Å². The first-order chi connectivity index (χ1) is 9.74. The molecule has 1 aromatic heterocycles. The number of ether oxygens (including phenoxy) is 2. The molecule has 0 amide bonds. The lowest BCUT2D eigenvalue weighted by Gasteiger charge is -2.07. The van der Waals surface area contributed by atoms with Gasteiger partial charge in [0.15, 0.2) is 0 Å². The molecule has 0 spiro atoms. The molecular weight excluding hydrogens is 340 g/mol. The highest BCUT2D eigenvalue weighted by Crippen LogP contribution is 2.16. The van der Waals surface area contributed by atoms with Crippen LogP contribution in [0.15, 0.2) is 46.3 Å². The number of carbonyl (C=O) groups excluding carboxylic acids is 1. The summed E-state index contributed by atoms with van der Waals surface area (Å²) in [5.74, 6) is 0.584. The highest BCUT2D eigenvalue weighted by molar-refractivity contribution is 9.10. The summed E-state index contributed by atoms with van der Waals surface area (Å²) in [5, 5.41) is 2.01. The van der Waals surface area contributed by atoms with Gasteiger partial charge in [-0.1, -0.05) is 22.0 Å². The number of aryl methyl sites for hydroxylation is 1. The molecule has 5 heteroatoms. The molecule has 0 saturated heterocycles. The largest absolute Gasteiger partial charge is 0.490 e. The summed E-state index contributed by atoms with van der Waals surface area (Å²) in [6.07, 6.45) is 1.16. The molecule has 0 aliphatic rings. The van der Waals surface area contributed by atoms with E-state index in [0.29, 0.717) is 13.0 Å². The third-order valence-electron chi connectivity index (χ3n) is 2.58. The molecule has 0 N–H and O–H groups in total. The van der Waals surface area contributed by atoms with Gasteiger partial charge in [0.1, 0.15) is 19.0 Å². The molecule has 0 fully saturated rings. The zero-order valence-electron chi connectivity index (χ0n) is 10.9. The van der Waals surface area contributed by atoms with Gasteiger partial charge in [-0.05, 0) is 42.1 Å². The van der Waals surface area contributed by atoms with E-state index in [1.807, 2.05) is 41.8 Å². The second-order valence-corrected chi connectivity index (χ2v) is 6.05. The maximum atomic E-state index is 11.5. The smallest absolute Gasteiger partial charge is 0.306 e. The van der Waals surface area contributed by atoms with Crippen LogP contribution in [0.25, 0.3) is 0 Å². The molecule has 0 atom stereocenters. The van der Waals surface area contributed by atoms with Gasteiger partial charge in [0, 0.05) is 9.35 Å². The maximum absolute atomic E-state index is 11.5. The van der Waals surface area contributed by atoms with E-state index in [1.54, 1.807) is 11.3 Å². The number of halogens is 1. The van der Waals surface area contributed by atoms with Crippen LogP contribution in [0.4, 0.5) is 0 Å². The highest BCUT2D eigenvalue weighted by atomic mass is 79.9. The van der Waals surface area contributed by atoms with Crippen LogP contribution in [-0.4, -0.2) is 19.2 Å². The second-order valence-electron chi connectivity index (χ2n) is 4.10. The summed E-state index contributed by atoms with van der Waals surface area (Å²) in [5.41, 5.74) is 0. The summed E-state index contributed by atoms with van der Waals surface area (Å²) >= 11 is 5.01. The summed E-state index contributed by atoms with van der Waals surface area (Å²) < 4.78 is 11.6. The Morgan fingerprint density at radius 2 is 1.95 bits per heavy atom. The molecule has 0 aliphatic heterocycles.